The van der Waals surface area contributed by atoms with Gasteiger partial charge in [-0.05, 0) is 18.6 Å². The van der Waals surface area contributed by atoms with Gasteiger partial charge >= 0.3 is 7.60 Å². The van der Waals surface area contributed by atoms with Crippen molar-refractivity contribution >= 4 is 13.7 Å². The summed E-state index contributed by atoms with van der Waals surface area (Å²) in [5.41, 5.74) is 1.44. The van der Waals surface area contributed by atoms with Gasteiger partial charge in [-0.2, -0.15) is 0 Å². The molecule has 1 aromatic carbocycles. The zero-order chi connectivity index (χ0) is 12.2. The third kappa shape index (κ3) is 2.95. The van der Waals surface area contributed by atoms with Crippen molar-refractivity contribution in [3.63, 3.8) is 0 Å². The molecule has 0 atom stereocenters. The van der Waals surface area contributed by atoms with E-state index >= 15 is 0 Å². The Labute approximate surface area is 95.1 Å². The number of hydrogen-bond donors (Lipinski definition) is 1. The summed E-state index contributed by atoms with van der Waals surface area (Å²) in [5, 5.41) is 9.64. The molecular weight excluding hydrogens is 227 g/mol. The van der Waals surface area contributed by atoms with Gasteiger partial charge in [0, 0.05) is 14.2 Å². The Morgan fingerprint density at radius 2 is 1.75 bits per heavy atom. The van der Waals surface area contributed by atoms with Crippen LogP contribution in [0.5, 0.6) is 0 Å². The van der Waals surface area contributed by atoms with Crippen LogP contribution in [-0.4, -0.2) is 19.3 Å². The van der Waals surface area contributed by atoms with Gasteiger partial charge in [0.15, 0.2) is 0 Å². The smallest absolute Gasteiger partial charge is 0.394 e. The summed E-state index contributed by atoms with van der Waals surface area (Å²) in [5.74, 6) is 0. The third-order valence-electron chi connectivity index (χ3n) is 2.13. The molecule has 0 aliphatic carbocycles. The minimum atomic E-state index is -3.53. The van der Waals surface area contributed by atoms with Crippen LogP contribution in [0.15, 0.2) is 29.8 Å². The Morgan fingerprint density at radius 1 is 1.25 bits per heavy atom. The van der Waals surface area contributed by atoms with Crippen LogP contribution in [0.1, 0.15) is 11.1 Å². The topological polar surface area (TPSA) is 55.8 Å². The van der Waals surface area contributed by atoms with E-state index in [1.165, 1.54) is 20.3 Å². The van der Waals surface area contributed by atoms with Crippen LogP contribution in [-0.2, 0) is 13.6 Å². The molecule has 0 heterocycles. The van der Waals surface area contributed by atoms with Crippen LogP contribution in [0.4, 0.5) is 0 Å². The lowest BCUT2D eigenvalue weighted by Crippen LogP contribution is -1.92. The maximum absolute atomic E-state index is 11.8. The number of benzene rings is 1. The van der Waals surface area contributed by atoms with Crippen molar-refractivity contribution in [3.05, 3.63) is 40.9 Å². The molecule has 1 N–H and O–H groups in total. The van der Waals surface area contributed by atoms with E-state index in [1.54, 1.807) is 12.1 Å². The van der Waals surface area contributed by atoms with Gasteiger partial charge in [0.2, 0.25) is 5.50 Å². The Bertz CT molecular complexity index is 414. The van der Waals surface area contributed by atoms with Crippen LogP contribution in [0.3, 0.4) is 0 Å². The van der Waals surface area contributed by atoms with Gasteiger partial charge in [-0.3, -0.25) is 4.57 Å². The van der Waals surface area contributed by atoms with Gasteiger partial charge in [-0.1, -0.05) is 29.8 Å². The van der Waals surface area contributed by atoms with E-state index in [4.69, 9.17) is 0 Å². The van der Waals surface area contributed by atoms with Crippen LogP contribution < -0.4 is 0 Å². The first-order chi connectivity index (χ1) is 7.51. The molecule has 88 valence electrons. The molecule has 0 aliphatic heterocycles. The molecule has 1 aromatic rings. The maximum atomic E-state index is 11.8. The quantitative estimate of drug-likeness (QED) is 0.649. The molecule has 0 aliphatic rings. The Balaban J connectivity index is 3.00. The van der Waals surface area contributed by atoms with E-state index in [2.05, 4.69) is 9.05 Å². The highest BCUT2D eigenvalue weighted by molar-refractivity contribution is 7.58. The number of aliphatic hydroxyl groups excluding tert-OH is 1. The van der Waals surface area contributed by atoms with Crippen molar-refractivity contribution < 1.29 is 18.7 Å². The van der Waals surface area contributed by atoms with Crippen LogP contribution in [0, 0.1) is 6.92 Å². The monoisotopic (exact) mass is 242 g/mol. The number of hydrogen-bond acceptors (Lipinski definition) is 4. The van der Waals surface area contributed by atoms with Crippen LogP contribution in [0.25, 0.3) is 6.08 Å². The number of aliphatic hydroxyl groups is 1. The first-order valence-corrected chi connectivity index (χ1v) is 6.25. The molecule has 0 fully saturated rings. The van der Waals surface area contributed by atoms with E-state index in [1.807, 2.05) is 19.1 Å². The third-order valence-corrected chi connectivity index (χ3v) is 3.79. The fourth-order valence-corrected chi connectivity index (χ4v) is 1.98. The summed E-state index contributed by atoms with van der Waals surface area (Å²) < 4.78 is 21.1. The zero-order valence-corrected chi connectivity index (χ0v) is 10.4. The van der Waals surface area contributed by atoms with Crippen molar-refractivity contribution in [3.8, 4) is 0 Å². The molecule has 0 amide bonds. The standard InChI is InChI=1S/C11H15O4P/c1-9-4-6-10(7-5-9)8-11(12)16(13,14-2)15-3/h4-8,12H,1-3H3. The lowest BCUT2D eigenvalue weighted by molar-refractivity contribution is 0.262. The fourth-order valence-electron chi connectivity index (χ4n) is 1.15. The van der Waals surface area contributed by atoms with Crippen molar-refractivity contribution in [2.24, 2.45) is 0 Å². The van der Waals surface area contributed by atoms with E-state index in [9.17, 15) is 9.67 Å². The van der Waals surface area contributed by atoms with Gasteiger partial charge in [-0.15, -0.1) is 0 Å². The minimum Gasteiger partial charge on any atom is -0.501 e. The van der Waals surface area contributed by atoms with Crippen LogP contribution in [0.2, 0.25) is 0 Å². The Morgan fingerprint density at radius 3 is 2.19 bits per heavy atom. The Hall–Kier alpha value is -1.09. The maximum Gasteiger partial charge on any atom is 0.394 e. The highest BCUT2D eigenvalue weighted by Crippen LogP contribution is 2.53. The predicted molar refractivity (Wildman–Crippen MR) is 63.4 cm³/mol. The highest BCUT2D eigenvalue weighted by Gasteiger charge is 2.27. The van der Waals surface area contributed by atoms with Crippen molar-refractivity contribution in [1.82, 2.24) is 0 Å². The van der Waals surface area contributed by atoms with Gasteiger partial charge in [-0.25, -0.2) is 0 Å². The van der Waals surface area contributed by atoms with Gasteiger partial charge in [0.05, 0.1) is 0 Å². The molecule has 16 heavy (non-hydrogen) atoms. The molecular formula is C11H15O4P. The largest absolute Gasteiger partial charge is 0.501 e. The summed E-state index contributed by atoms with van der Waals surface area (Å²) in [6, 6.07) is 7.40. The molecule has 5 heteroatoms. The summed E-state index contributed by atoms with van der Waals surface area (Å²) in [4.78, 5) is 0. The fraction of sp³-hybridized carbons (Fsp3) is 0.273. The number of rotatable bonds is 4. The van der Waals surface area contributed by atoms with Crippen LogP contribution >= 0.6 is 7.60 Å². The summed E-state index contributed by atoms with van der Waals surface area (Å²) in [7, 11) is -1.08. The zero-order valence-electron chi connectivity index (χ0n) is 9.51. The number of aryl methyl sites for hydroxylation is 1. The molecule has 0 saturated heterocycles. The average molecular weight is 242 g/mol. The lowest BCUT2D eigenvalue weighted by atomic mass is 10.1. The first kappa shape index (κ1) is 13.0. The summed E-state index contributed by atoms with van der Waals surface area (Å²) >= 11 is 0. The van der Waals surface area contributed by atoms with E-state index in [-0.39, 0.29) is 0 Å². The molecule has 1 rings (SSSR count). The Kier molecular flexibility index (Phi) is 4.30. The van der Waals surface area contributed by atoms with E-state index in [0.717, 1.165) is 11.1 Å². The SMILES string of the molecule is COP(=O)(OC)C(O)=Cc1ccc(C)cc1. The second-order valence-electron chi connectivity index (χ2n) is 3.28. The predicted octanol–water partition coefficient (Wildman–Crippen LogP) is 3.34. The van der Waals surface area contributed by atoms with Crippen molar-refractivity contribution in [1.29, 1.82) is 0 Å². The van der Waals surface area contributed by atoms with Gasteiger partial charge in [0.1, 0.15) is 0 Å². The molecule has 0 aromatic heterocycles. The lowest BCUT2D eigenvalue weighted by Gasteiger charge is -2.12. The minimum absolute atomic E-state index is 0.402. The molecule has 0 bridgehead atoms. The molecule has 0 spiro atoms. The first-order valence-electron chi connectivity index (χ1n) is 4.71. The van der Waals surface area contributed by atoms with E-state index < -0.39 is 13.1 Å². The summed E-state index contributed by atoms with van der Waals surface area (Å²) in [6.07, 6.45) is 1.37. The average Bonchev–Trinajstić information content (AvgIpc) is 2.31. The highest BCUT2D eigenvalue weighted by atomic mass is 31.2. The van der Waals surface area contributed by atoms with E-state index in [0.29, 0.717) is 0 Å². The summed E-state index contributed by atoms with van der Waals surface area (Å²) in [6.45, 7) is 1.96. The van der Waals surface area contributed by atoms with Crippen molar-refractivity contribution in [2.75, 3.05) is 14.2 Å². The van der Waals surface area contributed by atoms with Crippen molar-refractivity contribution in [2.45, 2.75) is 6.92 Å². The van der Waals surface area contributed by atoms with Gasteiger partial charge < -0.3 is 14.2 Å². The second kappa shape index (κ2) is 5.30. The second-order valence-corrected chi connectivity index (χ2v) is 5.46. The molecule has 0 unspecified atom stereocenters. The van der Waals surface area contributed by atoms with Gasteiger partial charge in [0.25, 0.3) is 0 Å². The molecule has 0 radical (unpaired) electrons. The normalized spacial score (nSPS) is 12.8. The molecule has 4 nitrogen and oxygen atoms in total. The molecule has 0 saturated carbocycles.